The van der Waals surface area contributed by atoms with Crippen LogP contribution >= 0.6 is 0 Å². The summed E-state index contributed by atoms with van der Waals surface area (Å²) in [5, 5.41) is 4.64. The van der Waals surface area contributed by atoms with Gasteiger partial charge in [0, 0.05) is 25.2 Å². The fourth-order valence-corrected chi connectivity index (χ4v) is 8.21. The summed E-state index contributed by atoms with van der Waals surface area (Å²) in [6.45, 7) is 3.70. The Hall–Kier alpha value is -2.23. The van der Waals surface area contributed by atoms with Crippen molar-refractivity contribution in [1.29, 1.82) is 0 Å². The van der Waals surface area contributed by atoms with Crippen LogP contribution in [0.4, 0.5) is 5.69 Å². The number of hydrogen-bond donors (Lipinski definition) is 2. The van der Waals surface area contributed by atoms with Crippen molar-refractivity contribution in [3.05, 3.63) is 59.7 Å². The minimum Gasteiger partial charge on any atom is -0.326 e. The zero-order valence-electron chi connectivity index (χ0n) is 16.3. The third-order valence-corrected chi connectivity index (χ3v) is 9.02. The van der Waals surface area contributed by atoms with Gasteiger partial charge in [0.05, 0.1) is 21.7 Å². The normalized spacial score (nSPS) is 21.0. The first-order valence-electron chi connectivity index (χ1n) is 9.18. The van der Waals surface area contributed by atoms with E-state index in [9.17, 15) is 21.6 Å². The molecule has 2 aromatic rings. The van der Waals surface area contributed by atoms with Gasteiger partial charge in [-0.1, -0.05) is 29.8 Å². The number of aryl methyl sites for hydroxylation is 1. The van der Waals surface area contributed by atoms with Gasteiger partial charge in [0.25, 0.3) is 0 Å². The van der Waals surface area contributed by atoms with Crippen LogP contribution in [0.15, 0.2) is 53.4 Å². The molecule has 0 radical (unpaired) electrons. The summed E-state index contributed by atoms with van der Waals surface area (Å²) in [4.78, 5) is 11.2. The van der Waals surface area contributed by atoms with Gasteiger partial charge < -0.3 is 10.6 Å². The number of carbonyl (C=O) groups is 1. The Morgan fingerprint density at radius 3 is 2.41 bits per heavy atom. The van der Waals surface area contributed by atoms with Crippen LogP contribution in [0.1, 0.15) is 18.1 Å². The first-order chi connectivity index (χ1) is 13.6. The Bertz CT molecular complexity index is 1110. The molecule has 2 aromatic carbocycles. The third-order valence-electron chi connectivity index (χ3n) is 4.85. The minimum absolute atomic E-state index is 0.0380. The lowest BCUT2D eigenvalue weighted by Crippen LogP contribution is -2.43. The molecule has 9 heteroatoms. The first kappa shape index (κ1) is 21.5. The molecule has 0 spiro atoms. The molecule has 3 rings (SSSR count). The zero-order chi connectivity index (χ0) is 21.2. The molecule has 2 unspecified atom stereocenters. The molecule has 7 nitrogen and oxygen atoms in total. The highest BCUT2D eigenvalue weighted by Gasteiger charge is 2.45. The molecule has 2 atom stereocenters. The van der Waals surface area contributed by atoms with Gasteiger partial charge in [-0.05, 0) is 36.8 Å². The standard InChI is InChI=1S/C20H24N2O5S2/c1-14-4-3-5-16(10-14)11-21-19-12-28(24,25)13-20(19)29(26,27)18-8-6-17(7-9-18)22-15(2)23/h3-10,19-21H,11-13H2,1-2H3,(H,22,23). The number of carbonyl (C=O) groups excluding carboxylic acids is 1. The Morgan fingerprint density at radius 2 is 1.79 bits per heavy atom. The van der Waals surface area contributed by atoms with Crippen LogP contribution in [0, 0.1) is 6.92 Å². The van der Waals surface area contributed by atoms with Crippen LogP contribution in [-0.2, 0) is 31.0 Å². The summed E-state index contributed by atoms with van der Waals surface area (Å²) < 4.78 is 50.7. The highest BCUT2D eigenvalue weighted by atomic mass is 32.2. The summed E-state index contributed by atoms with van der Waals surface area (Å²) in [7, 11) is -7.34. The maximum Gasteiger partial charge on any atom is 0.221 e. The predicted octanol–water partition coefficient (Wildman–Crippen LogP) is 1.68. The second-order valence-corrected chi connectivity index (χ2v) is 11.7. The van der Waals surface area contributed by atoms with E-state index in [1.807, 2.05) is 31.2 Å². The van der Waals surface area contributed by atoms with Crippen molar-refractivity contribution in [3.8, 4) is 0 Å². The van der Waals surface area contributed by atoms with E-state index < -0.39 is 36.7 Å². The van der Waals surface area contributed by atoms with Crippen molar-refractivity contribution in [2.75, 3.05) is 16.8 Å². The van der Waals surface area contributed by atoms with Gasteiger partial charge in [0.2, 0.25) is 5.91 Å². The molecular weight excluding hydrogens is 412 g/mol. The average Bonchev–Trinajstić information content (AvgIpc) is 2.95. The summed E-state index contributed by atoms with van der Waals surface area (Å²) >= 11 is 0. The first-order valence-corrected chi connectivity index (χ1v) is 12.5. The van der Waals surface area contributed by atoms with E-state index in [1.165, 1.54) is 31.2 Å². The Morgan fingerprint density at radius 1 is 1.10 bits per heavy atom. The smallest absolute Gasteiger partial charge is 0.221 e. The summed E-state index contributed by atoms with van der Waals surface area (Å²) in [5.41, 5.74) is 2.52. The molecule has 0 saturated carbocycles. The second-order valence-electron chi connectivity index (χ2n) is 7.34. The van der Waals surface area contributed by atoms with E-state index >= 15 is 0 Å². The lowest BCUT2D eigenvalue weighted by Gasteiger charge is -2.20. The number of amides is 1. The number of benzene rings is 2. The van der Waals surface area contributed by atoms with Crippen LogP contribution < -0.4 is 10.6 Å². The summed E-state index contributed by atoms with van der Waals surface area (Å²) in [6.07, 6.45) is 0. The molecular formula is C20H24N2O5S2. The Balaban J connectivity index is 1.82. The van der Waals surface area contributed by atoms with Gasteiger partial charge in [0.1, 0.15) is 0 Å². The molecule has 1 aliphatic heterocycles. The van der Waals surface area contributed by atoms with E-state index in [0.29, 0.717) is 12.2 Å². The van der Waals surface area contributed by atoms with Gasteiger partial charge in [-0.15, -0.1) is 0 Å². The summed E-state index contributed by atoms with van der Waals surface area (Å²) in [5.74, 6) is -0.885. The molecule has 1 amide bonds. The Kier molecular flexibility index (Phi) is 6.11. The highest BCUT2D eigenvalue weighted by Crippen LogP contribution is 2.27. The fourth-order valence-electron chi connectivity index (χ4n) is 3.49. The van der Waals surface area contributed by atoms with Gasteiger partial charge in [-0.3, -0.25) is 4.79 Å². The van der Waals surface area contributed by atoms with E-state index in [0.717, 1.165) is 11.1 Å². The van der Waals surface area contributed by atoms with Crippen LogP contribution in [0.2, 0.25) is 0 Å². The van der Waals surface area contributed by atoms with E-state index in [1.54, 1.807) is 0 Å². The van der Waals surface area contributed by atoms with E-state index in [-0.39, 0.29) is 16.6 Å². The topological polar surface area (TPSA) is 109 Å². The van der Waals surface area contributed by atoms with E-state index in [4.69, 9.17) is 0 Å². The third kappa shape index (κ3) is 5.23. The number of sulfone groups is 2. The zero-order valence-corrected chi connectivity index (χ0v) is 17.9. The van der Waals surface area contributed by atoms with Crippen molar-refractivity contribution >= 4 is 31.3 Å². The number of anilines is 1. The molecule has 0 aromatic heterocycles. The molecule has 1 heterocycles. The van der Waals surface area contributed by atoms with Gasteiger partial charge in [-0.25, -0.2) is 16.8 Å². The van der Waals surface area contributed by atoms with Crippen molar-refractivity contribution in [1.82, 2.24) is 5.32 Å². The van der Waals surface area contributed by atoms with Crippen LogP contribution in [0.25, 0.3) is 0 Å². The van der Waals surface area contributed by atoms with Crippen molar-refractivity contribution in [3.63, 3.8) is 0 Å². The second kappa shape index (κ2) is 8.25. The minimum atomic E-state index is -3.87. The Labute approximate surface area is 171 Å². The summed E-state index contributed by atoms with van der Waals surface area (Å²) in [6, 6.07) is 12.8. The lowest BCUT2D eigenvalue weighted by atomic mass is 10.1. The SMILES string of the molecule is CC(=O)Nc1ccc(S(=O)(=O)C2CS(=O)(=O)CC2NCc2cccc(C)c2)cc1. The van der Waals surface area contributed by atoms with Crippen LogP contribution in [0.3, 0.4) is 0 Å². The molecule has 1 aliphatic rings. The monoisotopic (exact) mass is 436 g/mol. The molecule has 1 fully saturated rings. The average molecular weight is 437 g/mol. The van der Waals surface area contributed by atoms with Crippen molar-refractivity contribution < 1.29 is 21.6 Å². The molecule has 0 aliphatic carbocycles. The van der Waals surface area contributed by atoms with Gasteiger partial charge >= 0.3 is 0 Å². The van der Waals surface area contributed by atoms with Crippen molar-refractivity contribution in [2.45, 2.75) is 36.6 Å². The molecule has 1 saturated heterocycles. The number of nitrogens with one attached hydrogen (secondary N) is 2. The van der Waals surface area contributed by atoms with Crippen LogP contribution in [0.5, 0.6) is 0 Å². The quantitative estimate of drug-likeness (QED) is 0.713. The fraction of sp³-hybridized carbons (Fsp3) is 0.350. The maximum atomic E-state index is 13.1. The predicted molar refractivity (Wildman–Crippen MR) is 112 cm³/mol. The highest BCUT2D eigenvalue weighted by molar-refractivity contribution is 7.96. The van der Waals surface area contributed by atoms with Crippen LogP contribution in [-0.4, -0.2) is 45.5 Å². The van der Waals surface area contributed by atoms with E-state index in [2.05, 4.69) is 10.6 Å². The molecule has 156 valence electrons. The molecule has 0 bridgehead atoms. The van der Waals surface area contributed by atoms with Gasteiger partial charge in [0.15, 0.2) is 19.7 Å². The molecule has 29 heavy (non-hydrogen) atoms. The number of hydrogen-bond acceptors (Lipinski definition) is 6. The molecule has 2 N–H and O–H groups in total. The maximum absolute atomic E-state index is 13.1. The van der Waals surface area contributed by atoms with Gasteiger partial charge in [-0.2, -0.15) is 0 Å². The lowest BCUT2D eigenvalue weighted by molar-refractivity contribution is -0.114. The number of rotatable bonds is 6. The van der Waals surface area contributed by atoms with Crippen molar-refractivity contribution in [2.24, 2.45) is 0 Å². The largest absolute Gasteiger partial charge is 0.326 e.